The van der Waals surface area contributed by atoms with E-state index in [2.05, 4.69) is 34.5 Å². The van der Waals surface area contributed by atoms with Crippen molar-refractivity contribution < 1.29 is 9.59 Å². The summed E-state index contributed by atoms with van der Waals surface area (Å²) in [4.78, 5) is 28.0. The summed E-state index contributed by atoms with van der Waals surface area (Å²) in [6, 6.07) is 10.2. The van der Waals surface area contributed by atoms with Gasteiger partial charge in [-0.25, -0.2) is 0 Å². The third-order valence-corrected chi connectivity index (χ3v) is 4.32. The number of hydrogen-bond donors (Lipinski definition) is 1. The van der Waals surface area contributed by atoms with Gasteiger partial charge in [0.05, 0.1) is 0 Å². The molecule has 1 aromatic rings. The highest BCUT2D eigenvalue weighted by Crippen LogP contribution is 2.05. The van der Waals surface area contributed by atoms with Crippen LogP contribution in [0, 0.1) is 0 Å². The zero-order valence-electron chi connectivity index (χ0n) is 14.6. The first-order valence-electron chi connectivity index (χ1n) is 8.64. The van der Waals surface area contributed by atoms with Gasteiger partial charge < -0.3 is 10.2 Å². The molecule has 1 N–H and O–H groups in total. The summed E-state index contributed by atoms with van der Waals surface area (Å²) in [6.07, 6.45) is 5.07. The number of rotatable bonds is 5. The molecule has 1 atom stereocenters. The second-order valence-corrected chi connectivity index (χ2v) is 6.19. The molecule has 1 fully saturated rings. The van der Waals surface area contributed by atoms with Crippen molar-refractivity contribution in [3.05, 3.63) is 42.0 Å². The van der Waals surface area contributed by atoms with E-state index in [0.29, 0.717) is 13.1 Å². The summed E-state index contributed by atoms with van der Waals surface area (Å²) in [7, 11) is 0. The predicted molar refractivity (Wildman–Crippen MR) is 96.4 cm³/mol. The van der Waals surface area contributed by atoms with Gasteiger partial charge in [0.2, 0.25) is 0 Å². The number of piperazine rings is 1. The third-order valence-electron chi connectivity index (χ3n) is 4.32. The molecule has 0 aromatic heterocycles. The number of hydrogen-bond acceptors (Lipinski definition) is 3. The fourth-order valence-corrected chi connectivity index (χ4v) is 2.57. The van der Waals surface area contributed by atoms with Gasteiger partial charge in [0.25, 0.3) is 0 Å². The average molecular weight is 329 g/mol. The first-order valence-corrected chi connectivity index (χ1v) is 8.64. The molecule has 2 rings (SSSR count). The number of carbonyl (C=O) groups excluding carboxylic acids is 2. The first-order chi connectivity index (χ1) is 11.6. The topological polar surface area (TPSA) is 52.7 Å². The predicted octanol–water partition coefficient (Wildman–Crippen LogP) is 1.76. The summed E-state index contributed by atoms with van der Waals surface area (Å²) in [6.45, 7) is 7.54. The van der Waals surface area contributed by atoms with Gasteiger partial charge in [-0.1, -0.05) is 49.4 Å². The minimum absolute atomic E-state index is 0.0332. The SMILES string of the molecule is CCC(C)NC(=O)C(=O)N1CCN(C/C=C/c2ccccc2)CC1. The maximum Gasteiger partial charge on any atom is 0.311 e. The lowest BCUT2D eigenvalue weighted by Gasteiger charge is -2.33. The minimum atomic E-state index is -0.484. The molecular formula is C19H27N3O2. The highest BCUT2D eigenvalue weighted by molar-refractivity contribution is 6.35. The van der Waals surface area contributed by atoms with E-state index in [-0.39, 0.29) is 6.04 Å². The van der Waals surface area contributed by atoms with Crippen molar-refractivity contribution in [1.29, 1.82) is 0 Å². The van der Waals surface area contributed by atoms with E-state index in [1.54, 1.807) is 4.90 Å². The van der Waals surface area contributed by atoms with Crippen molar-refractivity contribution in [2.75, 3.05) is 32.7 Å². The van der Waals surface area contributed by atoms with Crippen LogP contribution in [-0.4, -0.2) is 60.4 Å². The molecule has 130 valence electrons. The van der Waals surface area contributed by atoms with E-state index in [4.69, 9.17) is 0 Å². The molecule has 1 heterocycles. The molecule has 1 aromatic carbocycles. The molecule has 2 amide bonds. The van der Waals surface area contributed by atoms with E-state index in [0.717, 1.165) is 26.1 Å². The lowest BCUT2D eigenvalue weighted by Crippen LogP contribution is -2.53. The lowest BCUT2D eigenvalue weighted by molar-refractivity contribution is -0.147. The molecule has 1 saturated heterocycles. The smallest absolute Gasteiger partial charge is 0.311 e. The van der Waals surface area contributed by atoms with E-state index in [1.807, 2.05) is 32.0 Å². The van der Waals surface area contributed by atoms with Crippen molar-refractivity contribution in [2.24, 2.45) is 0 Å². The molecule has 0 aliphatic carbocycles. The summed E-state index contributed by atoms with van der Waals surface area (Å²) in [5.74, 6) is -0.892. The van der Waals surface area contributed by atoms with E-state index < -0.39 is 11.8 Å². The molecule has 0 bridgehead atoms. The Morgan fingerprint density at radius 2 is 1.83 bits per heavy atom. The molecule has 1 aliphatic rings. The Hall–Kier alpha value is -2.14. The Balaban J connectivity index is 1.74. The van der Waals surface area contributed by atoms with Gasteiger partial charge in [0, 0.05) is 38.8 Å². The number of amides is 2. The first kappa shape index (κ1) is 18.2. The van der Waals surface area contributed by atoms with E-state index >= 15 is 0 Å². The van der Waals surface area contributed by atoms with Crippen LogP contribution < -0.4 is 5.32 Å². The van der Waals surface area contributed by atoms with Gasteiger partial charge in [0.15, 0.2) is 0 Å². The average Bonchev–Trinajstić information content (AvgIpc) is 2.62. The standard InChI is InChI=1S/C19H27N3O2/c1-3-16(2)20-18(23)19(24)22-14-12-21(13-15-22)11-7-10-17-8-5-4-6-9-17/h4-10,16H,3,11-15H2,1-2H3,(H,20,23)/b10-7+. The van der Waals surface area contributed by atoms with Crippen molar-refractivity contribution >= 4 is 17.9 Å². The molecule has 5 heteroatoms. The minimum Gasteiger partial charge on any atom is -0.345 e. The Bertz CT molecular complexity index is 563. The van der Waals surface area contributed by atoms with Crippen LogP contribution in [0.2, 0.25) is 0 Å². The van der Waals surface area contributed by atoms with Gasteiger partial charge in [-0.05, 0) is 18.9 Å². The van der Waals surface area contributed by atoms with Gasteiger partial charge in [0.1, 0.15) is 0 Å². The van der Waals surface area contributed by atoms with Crippen molar-refractivity contribution in [2.45, 2.75) is 26.3 Å². The molecule has 5 nitrogen and oxygen atoms in total. The molecule has 0 spiro atoms. The molecule has 24 heavy (non-hydrogen) atoms. The molecule has 1 unspecified atom stereocenters. The Morgan fingerprint density at radius 3 is 2.46 bits per heavy atom. The number of carbonyl (C=O) groups is 2. The number of nitrogens with zero attached hydrogens (tertiary/aromatic N) is 2. The third kappa shape index (κ3) is 5.49. The fourth-order valence-electron chi connectivity index (χ4n) is 2.57. The Kier molecular flexibility index (Phi) is 7.00. The maximum atomic E-state index is 12.1. The van der Waals surface area contributed by atoms with Gasteiger partial charge >= 0.3 is 11.8 Å². The van der Waals surface area contributed by atoms with Crippen LogP contribution in [0.3, 0.4) is 0 Å². The van der Waals surface area contributed by atoms with Crippen LogP contribution >= 0.6 is 0 Å². The number of nitrogens with one attached hydrogen (secondary N) is 1. The lowest BCUT2D eigenvalue weighted by atomic mass is 10.2. The van der Waals surface area contributed by atoms with Crippen LogP contribution in [0.15, 0.2) is 36.4 Å². The molecular weight excluding hydrogens is 302 g/mol. The van der Waals surface area contributed by atoms with Crippen LogP contribution in [0.25, 0.3) is 6.08 Å². The summed E-state index contributed by atoms with van der Waals surface area (Å²) in [5.41, 5.74) is 1.19. The summed E-state index contributed by atoms with van der Waals surface area (Å²) >= 11 is 0. The molecule has 0 saturated carbocycles. The van der Waals surface area contributed by atoms with Gasteiger partial charge in [-0.3, -0.25) is 14.5 Å². The fraction of sp³-hybridized carbons (Fsp3) is 0.474. The Labute approximate surface area is 144 Å². The van der Waals surface area contributed by atoms with Gasteiger partial charge in [-0.2, -0.15) is 0 Å². The molecule has 0 radical (unpaired) electrons. The highest BCUT2D eigenvalue weighted by Gasteiger charge is 2.26. The maximum absolute atomic E-state index is 12.1. The van der Waals surface area contributed by atoms with E-state index in [1.165, 1.54) is 5.56 Å². The summed E-state index contributed by atoms with van der Waals surface area (Å²) < 4.78 is 0. The zero-order valence-corrected chi connectivity index (χ0v) is 14.6. The Morgan fingerprint density at radius 1 is 1.17 bits per heavy atom. The van der Waals surface area contributed by atoms with Crippen molar-refractivity contribution in [1.82, 2.24) is 15.1 Å². The molecule has 1 aliphatic heterocycles. The largest absolute Gasteiger partial charge is 0.345 e. The second kappa shape index (κ2) is 9.23. The van der Waals surface area contributed by atoms with Crippen LogP contribution in [0.4, 0.5) is 0 Å². The van der Waals surface area contributed by atoms with Gasteiger partial charge in [-0.15, -0.1) is 0 Å². The summed E-state index contributed by atoms with van der Waals surface area (Å²) in [5, 5.41) is 2.74. The quantitative estimate of drug-likeness (QED) is 0.838. The van der Waals surface area contributed by atoms with Crippen molar-refractivity contribution in [3.8, 4) is 0 Å². The van der Waals surface area contributed by atoms with E-state index in [9.17, 15) is 9.59 Å². The number of benzene rings is 1. The zero-order chi connectivity index (χ0) is 17.4. The van der Waals surface area contributed by atoms with Crippen LogP contribution in [0.5, 0.6) is 0 Å². The monoisotopic (exact) mass is 329 g/mol. The van der Waals surface area contributed by atoms with Crippen LogP contribution in [-0.2, 0) is 9.59 Å². The highest BCUT2D eigenvalue weighted by atomic mass is 16.2. The van der Waals surface area contributed by atoms with Crippen molar-refractivity contribution in [3.63, 3.8) is 0 Å². The van der Waals surface area contributed by atoms with Crippen LogP contribution in [0.1, 0.15) is 25.8 Å². The normalized spacial score (nSPS) is 17.0. The second-order valence-electron chi connectivity index (χ2n) is 6.19.